The molecule has 0 bridgehead atoms. The summed E-state index contributed by atoms with van der Waals surface area (Å²) in [4.78, 5) is 13.8. The van der Waals surface area contributed by atoms with Crippen LogP contribution in [-0.4, -0.2) is 11.0 Å². The number of oxazole rings is 1. The minimum Gasteiger partial charge on any atom is -0.440 e. The highest BCUT2D eigenvalue weighted by Crippen LogP contribution is 1.97. The van der Waals surface area contributed by atoms with Gasteiger partial charge in [0.25, 0.3) is 0 Å². The molecular formula is C4H2ClNO3. The highest BCUT2D eigenvalue weighted by molar-refractivity contribution is 6.15. The molecule has 1 aromatic heterocycles. The first-order valence-electron chi connectivity index (χ1n) is 2.07. The van der Waals surface area contributed by atoms with Crippen LogP contribution >= 0.6 is 11.9 Å². The monoisotopic (exact) mass is 147 g/mol. The second-order valence-electron chi connectivity index (χ2n) is 1.20. The summed E-state index contributed by atoms with van der Waals surface area (Å²) < 4.78 is 8.29. The van der Waals surface area contributed by atoms with Crippen molar-refractivity contribution >= 4 is 17.8 Å². The fraction of sp³-hybridized carbons (Fsp3) is 0. The number of hydrogen-bond acceptors (Lipinski definition) is 4. The second-order valence-corrected chi connectivity index (χ2v) is 1.36. The second kappa shape index (κ2) is 2.50. The molecule has 0 N–H and O–H groups in total. The van der Waals surface area contributed by atoms with E-state index < -0.39 is 5.97 Å². The number of carbonyl (C=O) groups excluding carboxylic acids is 1. The van der Waals surface area contributed by atoms with Crippen LogP contribution in [-0.2, 0) is 4.29 Å². The molecular weight excluding hydrogens is 146 g/mol. The van der Waals surface area contributed by atoms with Crippen molar-refractivity contribution in [2.24, 2.45) is 0 Å². The lowest BCUT2D eigenvalue weighted by Gasteiger charge is -1.84. The third-order valence-corrected chi connectivity index (χ3v) is 0.817. The SMILES string of the molecule is O=C(OCl)c1ncco1. The van der Waals surface area contributed by atoms with Crippen LogP contribution in [0.3, 0.4) is 0 Å². The number of rotatable bonds is 1. The fourth-order valence-electron chi connectivity index (χ4n) is 0.357. The summed E-state index contributed by atoms with van der Waals surface area (Å²) in [6, 6.07) is 0. The van der Waals surface area contributed by atoms with Crippen molar-refractivity contribution in [3.05, 3.63) is 18.4 Å². The highest BCUT2D eigenvalue weighted by atomic mass is 35.5. The maximum absolute atomic E-state index is 10.4. The Kier molecular flexibility index (Phi) is 1.69. The summed E-state index contributed by atoms with van der Waals surface area (Å²) in [5, 5.41) is 0. The first-order valence-corrected chi connectivity index (χ1v) is 2.38. The number of hydrogen-bond donors (Lipinski definition) is 0. The lowest BCUT2D eigenvalue weighted by molar-refractivity contribution is 0.0710. The first kappa shape index (κ1) is 6.10. The number of carbonyl (C=O) groups is 1. The van der Waals surface area contributed by atoms with Gasteiger partial charge in [-0.15, -0.1) is 0 Å². The lowest BCUT2D eigenvalue weighted by atomic mass is 10.7. The molecule has 0 amide bonds. The van der Waals surface area contributed by atoms with E-state index in [0.29, 0.717) is 0 Å². The molecule has 0 spiro atoms. The predicted octanol–water partition coefficient (Wildman–Crippen LogP) is 0.985. The molecule has 1 heterocycles. The van der Waals surface area contributed by atoms with E-state index in [4.69, 9.17) is 11.9 Å². The molecule has 0 aromatic carbocycles. The van der Waals surface area contributed by atoms with Crippen molar-refractivity contribution < 1.29 is 13.5 Å². The molecule has 0 atom stereocenters. The summed E-state index contributed by atoms with van der Waals surface area (Å²) in [6.07, 6.45) is 2.58. The van der Waals surface area contributed by atoms with E-state index in [9.17, 15) is 4.79 Å². The van der Waals surface area contributed by atoms with E-state index in [1.807, 2.05) is 0 Å². The van der Waals surface area contributed by atoms with E-state index in [1.54, 1.807) is 0 Å². The minimum atomic E-state index is -0.790. The molecule has 1 aromatic rings. The molecule has 0 fully saturated rings. The van der Waals surface area contributed by atoms with Gasteiger partial charge < -0.3 is 8.71 Å². The Hall–Kier alpha value is -1.03. The first-order chi connectivity index (χ1) is 4.34. The third-order valence-electron chi connectivity index (χ3n) is 0.677. The van der Waals surface area contributed by atoms with E-state index in [2.05, 4.69) is 13.7 Å². The minimum absolute atomic E-state index is 0.148. The predicted molar refractivity (Wildman–Crippen MR) is 27.8 cm³/mol. The van der Waals surface area contributed by atoms with E-state index in [-0.39, 0.29) is 5.89 Å². The van der Waals surface area contributed by atoms with Crippen LogP contribution in [0.15, 0.2) is 16.9 Å². The maximum atomic E-state index is 10.4. The van der Waals surface area contributed by atoms with Crippen LogP contribution < -0.4 is 0 Å². The van der Waals surface area contributed by atoms with Gasteiger partial charge in [0.15, 0.2) is 0 Å². The van der Waals surface area contributed by atoms with Crippen molar-refractivity contribution in [1.82, 2.24) is 4.98 Å². The zero-order valence-corrected chi connectivity index (χ0v) is 4.96. The van der Waals surface area contributed by atoms with Crippen LogP contribution in [0, 0.1) is 0 Å². The molecule has 4 nitrogen and oxygen atoms in total. The Labute approximate surface area is 55.6 Å². The molecule has 1 rings (SSSR count). The van der Waals surface area contributed by atoms with Gasteiger partial charge in [0.05, 0.1) is 6.20 Å². The number of aromatic nitrogens is 1. The summed E-state index contributed by atoms with van der Waals surface area (Å²) in [5.74, 6) is -0.938. The molecule has 0 radical (unpaired) electrons. The summed E-state index contributed by atoms with van der Waals surface area (Å²) >= 11 is 4.69. The smallest absolute Gasteiger partial charge is 0.412 e. The van der Waals surface area contributed by atoms with Crippen LogP contribution in [0.5, 0.6) is 0 Å². The van der Waals surface area contributed by atoms with E-state index in [1.165, 1.54) is 12.5 Å². The van der Waals surface area contributed by atoms with Crippen molar-refractivity contribution in [2.75, 3.05) is 0 Å². The molecule has 48 valence electrons. The Morgan fingerprint density at radius 2 is 2.67 bits per heavy atom. The fourth-order valence-corrected chi connectivity index (χ4v) is 0.423. The Morgan fingerprint density at radius 3 is 3.11 bits per heavy atom. The molecule has 0 aliphatic rings. The van der Waals surface area contributed by atoms with Gasteiger partial charge in [0, 0.05) is 0 Å². The van der Waals surface area contributed by atoms with E-state index >= 15 is 0 Å². The van der Waals surface area contributed by atoms with Gasteiger partial charge in [-0.2, -0.15) is 0 Å². The third kappa shape index (κ3) is 1.20. The molecule has 0 saturated carbocycles. The Balaban J connectivity index is 2.77. The van der Waals surface area contributed by atoms with Gasteiger partial charge in [0.2, 0.25) is 0 Å². The Morgan fingerprint density at radius 1 is 1.89 bits per heavy atom. The summed E-state index contributed by atoms with van der Waals surface area (Å²) in [5.41, 5.74) is 0. The van der Waals surface area contributed by atoms with Gasteiger partial charge in [-0.1, -0.05) is 0 Å². The molecule has 0 unspecified atom stereocenters. The van der Waals surface area contributed by atoms with Crippen molar-refractivity contribution in [2.45, 2.75) is 0 Å². The highest BCUT2D eigenvalue weighted by Gasteiger charge is 2.09. The quantitative estimate of drug-likeness (QED) is 0.594. The molecule has 9 heavy (non-hydrogen) atoms. The molecule has 5 heteroatoms. The number of nitrogens with zero attached hydrogens (tertiary/aromatic N) is 1. The van der Waals surface area contributed by atoms with Crippen LogP contribution in [0.1, 0.15) is 10.7 Å². The molecule has 0 aliphatic heterocycles. The summed E-state index contributed by atoms with van der Waals surface area (Å²) in [7, 11) is 0. The normalized spacial score (nSPS) is 9.00. The van der Waals surface area contributed by atoms with Crippen molar-refractivity contribution in [3.8, 4) is 0 Å². The molecule has 0 aliphatic carbocycles. The van der Waals surface area contributed by atoms with Gasteiger partial charge in [0.1, 0.15) is 18.1 Å². The van der Waals surface area contributed by atoms with Crippen LogP contribution in [0.2, 0.25) is 0 Å². The zero-order chi connectivity index (χ0) is 6.69. The number of halogens is 1. The van der Waals surface area contributed by atoms with Crippen LogP contribution in [0.4, 0.5) is 0 Å². The van der Waals surface area contributed by atoms with Crippen molar-refractivity contribution in [3.63, 3.8) is 0 Å². The van der Waals surface area contributed by atoms with E-state index in [0.717, 1.165) is 0 Å². The van der Waals surface area contributed by atoms with Gasteiger partial charge in [-0.3, -0.25) is 0 Å². The molecule has 0 saturated heterocycles. The standard InChI is InChI=1S/C4H2ClNO3/c5-9-4(7)3-6-1-2-8-3/h1-2H. The van der Waals surface area contributed by atoms with Gasteiger partial charge >= 0.3 is 11.9 Å². The zero-order valence-electron chi connectivity index (χ0n) is 4.20. The lowest BCUT2D eigenvalue weighted by Crippen LogP contribution is -1.96. The average molecular weight is 148 g/mol. The topological polar surface area (TPSA) is 52.3 Å². The summed E-state index contributed by atoms with van der Waals surface area (Å²) in [6.45, 7) is 0. The maximum Gasteiger partial charge on any atom is 0.412 e. The van der Waals surface area contributed by atoms with Crippen LogP contribution in [0.25, 0.3) is 0 Å². The largest absolute Gasteiger partial charge is 0.440 e. The van der Waals surface area contributed by atoms with Gasteiger partial charge in [-0.25, -0.2) is 9.78 Å². The van der Waals surface area contributed by atoms with Crippen molar-refractivity contribution in [1.29, 1.82) is 0 Å². The van der Waals surface area contributed by atoms with Gasteiger partial charge in [-0.05, 0) is 0 Å². The average Bonchev–Trinajstić information content (AvgIpc) is 2.37. The Bertz CT molecular complexity index is 196.